The summed E-state index contributed by atoms with van der Waals surface area (Å²) in [5.74, 6) is -0.460. The van der Waals surface area contributed by atoms with E-state index in [4.69, 9.17) is 0 Å². The van der Waals surface area contributed by atoms with E-state index in [9.17, 15) is 22.8 Å². The van der Waals surface area contributed by atoms with Crippen molar-refractivity contribution in [3.8, 4) is 5.75 Å². The van der Waals surface area contributed by atoms with E-state index >= 15 is 0 Å². The summed E-state index contributed by atoms with van der Waals surface area (Å²) in [5, 5.41) is 8.88. The third kappa shape index (κ3) is 5.12. The van der Waals surface area contributed by atoms with Crippen molar-refractivity contribution in [3.05, 3.63) is 29.8 Å². The van der Waals surface area contributed by atoms with Crippen LogP contribution in [0.2, 0.25) is 0 Å². The molecule has 1 heterocycles. The quantitative estimate of drug-likeness (QED) is 0.726. The third-order valence-corrected chi connectivity index (χ3v) is 4.74. The second-order valence-corrected chi connectivity index (χ2v) is 7.49. The van der Waals surface area contributed by atoms with Gasteiger partial charge in [0.05, 0.1) is 24.2 Å². The van der Waals surface area contributed by atoms with Crippen LogP contribution in [0.4, 0.5) is 13.2 Å². The molecule has 1 aromatic carbocycles. The molecule has 0 radical (unpaired) electrons. The maximum Gasteiger partial charge on any atom is 0.573 e. The van der Waals surface area contributed by atoms with Crippen molar-refractivity contribution >= 4 is 11.8 Å². The summed E-state index contributed by atoms with van der Waals surface area (Å²) >= 11 is 0. The largest absolute Gasteiger partial charge is 0.573 e. The standard InChI is InChI=1S/C18H22F3N3O3/c1-17(2,11-5-7-12(8-6-11)27-18(19,20)21)24-16(26)13-9-14(25)23-15(22-13)10-3-4-10/h5-8,10,13,15,22H,3-4,9H2,1-2H3,(H,23,25)(H,24,26). The molecule has 1 saturated carbocycles. The SMILES string of the molecule is CC(C)(NC(=O)C1CC(=O)NC(C2CC2)N1)c1ccc(OC(F)(F)F)cc1. The summed E-state index contributed by atoms with van der Waals surface area (Å²) in [6.07, 6.45) is -2.86. The molecule has 0 aromatic heterocycles. The van der Waals surface area contributed by atoms with Gasteiger partial charge in [0, 0.05) is 0 Å². The van der Waals surface area contributed by atoms with Gasteiger partial charge in [0.15, 0.2) is 0 Å². The second kappa shape index (κ2) is 7.03. The molecule has 27 heavy (non-hydrogen) atoms. The maximum absolute atomic E-state index is 12.6. The highest BCUT2D eigenvalue weighted by Gasteiger charge is 2.40. The van der Waals surface area contributed by atoms with E-state index in [1.165, 1.54) is 24.3 Å². The van der Waals surface area contributed by atoms with E-state index in [-0.39, 0.29) is 30.2 Å². The van der Waals surface area contributed by atoms with Crippen LogP contribution in [0.1, 0.15) is 38.7 Å². The summed E-state index contributed by atoms with van der Waals surface area (Å²) < 4.78 is 40.6. The minimum Gasteiger partial charge on any atom is -0.406 e. The molecular formula is C18H22F3N3O3. The van der Waals surface area contributed by atoms with Crippen LogP contribution >= 0.6 is 0 Å². The molecule has 9 heteroatoms. The lowest BCUT2D eigenvalue weighted by Crippen LogP contribution is -2.62. The van der Waals surface area contributed by atoms with Crippen molar-refractivity contribution in [1.29, 1.82) is 0 Å². The average molecular weight is 385 g/mol. The van der Waals surface area contributed by atoms with Crippen LogP contribution in [-0.2, 0) is 15.1 Å². The molecule has 148 valence electrons. The second-order valence-electron chi connectivity index (χ2n) is 7.49. The van der Waals surface area contributed by atoms with E-state index in [1.807, 2.05) is 0 Å². The van der Waals surface area contributed by atoms with Gasteiger partial charge in [0.1, 0.15) is 5.75 Å². The predicted molar refractivity (Wildman–Crippen MR) is 90.5 cm³/mol. The van der Waals surface area contributed by atoms with Crippen LogP contribution in [0.25, 0.3) is 0 Å². The number of hydrogen-bond acceptors (Lipinski definition) is 4. The highest BCUT2D eigenvalue weighted by Crippen LogP contribution is 2.33. The number of rotatable bonds is 5. The summed E-state index contributed by atoms with van der Waals surface area (Å²) in [6.45, 7) is 3.48. The summed E-state index contributed by atoms with van der Waals surface area (Å²) in [6, 6.07) is 4.69. The Bertz CT molecular complexity index is 715. The highest BCUT2D eigenvalue weighted by molar-refractivity contribution is 5.90. The number of nitrogens with one attached hydrogen (secondary N) is 3. The molecule has 6 nitrogen and oxygen atoms in total. The van der Waals surface area contributed by atoms with Crippen molar-refractivity contribution < 1.29 is 27.5 Å². The van der Waals surface area contributed by atoms with Crippen LogP contribution < -0.4 is 20.7 Å². The van der Waals surface area contributed by atoms with Crippen molar-refractivity contribution in [1.82, 2.24) is 16.0 Å². The smallest absolute Gasteiger partial charge is 0.406 e. The van der Waals surface area contributed by atoms with Gasteiger partial charge < -0.3 is 15.4 Å². The number of alkyl halides is 3. The fourth-order valence-electron chi connectivity index (χ4n) is 3.13. The number of carbonyl (C=O) groups excluding carboxylic acids is 2. The van der Waals surface area contributed by atoms with Gasteiger partial charge in [0.25, 0.3) is 0 Å². The first-order chi connectivity index (χ1) is 12.5. The van der Waals surface area contributed by atoms with Crippen molar-refractivity contribution in [3.63, 3.8) is 0 Å². The molecule has 2 aliphatic rings. The fraction of sp³-hybridized carbons (Fsp3) is 0.556. The Hall–Kier alpha value is -2.29. The van der Waals surface area contributed by atoms with Crippen LogP contribution in [0.5, 0.6) is 5.75 Å². The van der Waals surface area contributed by atoms with Gasteiger partial charge in [-0.2, -0.15) is 0 Å². The zero-order valence-electron chi connectivity index (χ0n) is 15.0. The topological polar surface area (TPSA) is 79.5 Å². The van der Waals surface area contributed by atoms with E-state index < -0.39 is 17.9 Å². The molecule has 2 unspecified atom stereocenters. The Morgan fingerprint density at radius 3 is 2.37 bits per heavy atom. The van der Waals surface area contributed by atoms with Gasteiger partial charge in [-0.1, -0.05) is 12.1 Å². The van der Waals surface area contributed by atoms with Gasteiger partial charge in [-0.15, -0.1) is 13.2 Å². The van der Waals surface area contributed by atoms with Gasteiger partial charge in [0.2, 0.25) is 11.8 Å². The summed E-state index contributed by atoms with van der Waals surface area (Å²) in [5.41, 5.74) is -0.220. The van der Waals surface area contributed by atoms with Gasteiger partial charge in [-0.3, -0.25) is 14.9 Å². The zero-order valence-corrected chi connectivity index (χ0v) is 15.0. The minimum absolute atomic E-state index is 0.0451. The van der Waals surface area contributed by atoms with Crippen LogP contribution in [0.3, 0.4) is 0 Å². The Kier molecular flexibility index (Phi) is 5.07. The predicted octanol–water partition coefficient (Wildman–Crippen LogP) is 2.15. The molecular weight excluding hydrogens is 363 g/mol. The zero-order chi connectivity index (χ0) is 19.8. The molecule has 1 saturated heterocycles. The molecule has 0 spiro atoms. The lowest BCUT2D eigenvalue weighted by atomic mass is 9.93. The molecule has 1 aliphatic carbocycles. The highest BCUT2D eigenvalue weighted by atomic mass is 19.4. The van der Waals surface area contributed by atoms with Crippen LogP contribution in [0, 0.1) is 5.92 Å². The fourth-order valence-corrected chi connectivity index (χ4v) is 3.13. The normalized spacial score (nSPS) is 23.5. The van der Waals surface area contributed by atoms with E-state index in [0.717, 1.165) is 12.8 Å². The number of carbonyl (C=O) groups is 2. The minimum atomic E-state index is -4.75. The van der Waals surface area contributed by atoms with Crippen molar-refractivity contribution in [2.24, 2.45) is 5.92 Å². The molecule has 3 N–H and O–H groups in total. The van der Waals surface area contributed by atoms with Crippen molar-refractivity contribution in [2.75, 3.05) is 0 Å². The average Bonchev–Trinajstić information content (AvgIpc) is 3.37. The first-order valence-electron chi connectivity index (χ1n) is 8.77. The number of hydrogen-bond donors (Lipinski definition) is 3. The molecule has 1 aromatic rings. The van der Waals surface area contributed by atoms with Crippen LogP contribution in [0.15, 0.2) is 24.3 Å². The first kappa shape index (κ1) is 19.5. The summed E-state index contributed by atoms with van der Waals surface area (Å²) in [4.78, 5) is 24.5. The molecule has 2 fully saturated rings. The monoisotopic (exact) mass is 385 g/mol. The van der Waals surface area contributed by atoms with E-state index in [0.29, 0.717) is 11.5 Å². The number of halogens is 3. The van der Waals surface area contributed by atoms with E-state index in [2.05, 4.69) is 20.7 Å². The van der Waals surface area contributed by atoms with Gasteiger partial charge in [-0.05, 0) is 50.3 Å². The Morgan fingerprint density at radius 2 is 1.81 bits per heavy atom. The first-order valence-corrected chi connectivity index (χ1v) is 8.77. The lowest BCUT2D eigenvalue weighted by Gasteiger charge is -2.34. The van der Waals surface area contributed by atoms with Gasteiger partial charge >= 0.3 is 6.36 Å². The van der Waals surface area contributed by atoms with Gasteiger partial charge in [-0.25, -0.2) is 0 Å². The molecule has 2 amide bonds. The third-order valence-electron chi connectivity index (χ3n) is 4.74. The molecule has 2 atom stereocenters. The molecule has 3 rings (SSSR count). The Morgan fingerprint density at radius 1 is 1.19 bits per heavy atom. The number of benzene rings is 1. The number of amides is 2. The Labute approximate surface area is 154 Å². The van der Waals surface area contributed by atoms with Crippen molar-refractivity contribution in [2.45, 2.75) is 57.2 Å². The van der Waals surface area contributed by atoms with E-state index in [1.54, 1.807) is 13.8 Å². The summed E-state index contributed by atoms with van der Waals surface area (Å²) in [7, 11) is 0. The van der Waals surface area contributed by atoms with Crippen LogP contribution in [-0.4, -0.2) is 30.4 Å². The number of ether oxygens (including phenoxy) is 1. The molecule has 1 aliphatic heterocycles. The maximum atomic E-state index is 12.6. The molecule has 0 bridgehead atoms. The Balaban J connectivity index is 1.64. The lowest BCUT2D eigenvalue weighted by molar-refractivity contribution is -0.274.